The molecule has 0 fully saturated rings. The molecule has 0 radical (unpaired) electrons. The Morgan fingerprint density at radius 3 is 1.74 bits per heavy atom. The molecule has 4 N–H and O–H groups in total. The van der Waals surface area contributed by atoms with E-state index in [9.17, 15) is 0 Å². The first-order valence-corrected chi connectivity index (χ1v) is 11.4. The van der Waals surface area contributed by atoms with Crippen molar-refractivity contribution in [2.75, 3.05) is 30.8 Å². The highest BCUT2D eigenvalue weighted by atomic mass is 79.9. The summed E-state index contributed by atoms with van der Waals surface area (Å²) in [6.45, 7) is 8.11. The molecule has 4 aromatic rings. The Morgan fingerprint density at radius 2 is 1.23 bits per heavy atom. The van der Waals surface area contributed by atoms with Crippen LogP contribution >= 0.6 is 15.9 Å². The van der Waals surface area contributed by atoms with Crippen molar-refractivity contribution in [2.24, 2.45) is 5.73 Å². The van der Waals surface area contributed by atoms with Crippen LogP contribution in [0.2, 0.25) is 0 Å². The molecule has 0 bridgehead atoms. The molecule has 5 nitrogen and oxygen atoms in total. The van der Waals surface area contributed by atoms with Crippen molar-refractivity contribution in [1.29, 1.82) is 0 Å². The van der Waals surface area contributed by atoms with Crippen molar-refractivity contribution in [3.8, 4) is 0 Å². The third kappa shape index (κ3) is 7.19. The molecule has 0 saturated carbocycles. The zero-order valence-electron chi connectivity index (χ0n) is 18.7. The number of hydrogen-bond donors (Lipinski definition) is 3. The van der Waals surface area contributed by atoms with Gasteiger partial charge >= 0.3 is 0 Å². The van der Waals surface area contributed by atoms with E-state index in [0.717, 1.165) is 52.0 Å². The summed E-state index contributed by atoms with van der Waals surface area (Å²) in [5, 5.41) is 8.78. The van der Waals surface area contributed by atoms with E-state index in [1.165, 1.54) is 18.0 Å². The lowest BCUT2D eigenvalue weighted by Crippen LogP contribution is -1.98. The first-order valence-electron chi connectivity index (χ1n) is 10.6. The average Bonchev–Trinajstić information content (AvgIpc) is 2.81. The minimum absolute atomic E-state index is 0.898. The van der Waals surface area contributed by atoms with Crippen LogP contribution in [0.25, 0.3) is 21.8 Å². The maximum absolute atomic E-state index is 4.53. The number of halogens is 1. The number of hydrogen-bond acceptors (Lipinski definition) is 5. The highest BCUT2D eigenvalue weighted by molar-refractivity contribution is 9.10. The van der Waals surface area contributed by atoms with Gasteiger partial charge in [0.25, 0.3) is 0 Å². The van der Waals surface area contributed by atoms with Crippen LogP contribution in [0.3, 0.4) is 0 Å². The largest absolute Gasteiger partial charge is 0.370 e. The van der Waals surface area contributed by atoms with E-state index in [2.05, 4.69) is 99.4 Å². The average molecular weight is 482 g/mol. The summed E-state index contributed by atoms with van der Waals surface area (Å²) in [4.78, 5) is 9.00. The number of aromatic nitrogens is 2. The molecule has 2 aromatic heterocycles. The minimum Gasteiger partial charge on any atom is -0.370 e. The Labute approximate surface area is 193 Å². The van der Waals surface area contributed by atoms with Gasteiger partial charge < -0.3 is 16.4 Å². The van der Waals surface area contributed by atoms with Crippen molar-refractivity contribution in [3.63, 3.8) is 0 Å². The van der Waals surface area contributed by atoms with E-state index < -0.39 is 0 Å². The highest BCUT2D eigenvalue weighted by Crippen LogP contribution is 2.20. The first kappa shape index (κ1) is 24.6. The SMILES string of the molecule is CCNc1ccc2cc(Br)ccc2n1.CCNc1ccc2cc(CC)ccc2n1.CN. The fraction of sp³-hybridized carbons (Fsp3) is 0.280. The molecule has 0 atom stereocenters. The Bertz CT molecular complexity index is 1100. The Hall–Kier alpha value is -2.70. The van der Waals surface area contributed by atoms with Gasteiger partial charge in [0.1, 0.15) is 11.6 Å². The standard InChI is InChI=1S/C13H16N2.C11H11BrN2.CH5N/c1-3-10-5-7-12-11(9-10)6-8-13(15-12)14-4-2;1-2-13-11-6-3-8-7-9(12)4-5-10(8)14-11;1-2/h5-9H,3-4H2,1-2H3,(H,14,15);3-7H,2H2,1H3,(H,13,14);2H2,1H3. The van der Waals surface area contributed by atoms with Crippen molar-refractivity contribution in [3.05, 3.63) is 70.7 Å². The zero-order valence-corrected chi connectivity index (χ0v) is 20.3. The lowest BCUT2D eigenvalue weighted by atomic mass is 10.1. The summed E-state index contributed by atoms with van der Waals surface area (Å²) >= 11 is 3.44. The van der Waals surface area contributed by atoms with Crippen LogP contribution in [0, 0.1) is 0 Å². The lowest BCUT2D eigenvalue weighted by Gasteiger charge is -2.05. The molecule has 0 aliphatic rings. The van der Waals surface area contributed by atoms with Gasteiger partial charge in [-0.25, -0.2) is 9.97 Å². The van der Waals surface area contributed by atoms with Gasteiger partial charge in [0.2, 0.25) is 0 Å². The van der Waals surface area contributed by atoms with Crippen molar-refractivity contribution >= 4 is 49.4 Å². The van der Waals surface area contributed by atoms with Crippen LogP contribution < -0.4 is 16.4 Å². The molecular formula is C25H32BrN5. The van der Waals surface area contributed by atoms with E-state index in [4.69, 9.17) is 0 Å². The normalized spacial score (nSPS) is 10.0. The predicted octanol–water partition coefficient (Wildman–Crippen LogP) is 6.23. The van der Waals surface area contributed by atoms with Crippen LogP contribution in [0.4, 0.5) is 11.6 Å². The Kier molecular flexibility index (Phi) is 10.2. The van der Waals surface area contributed by atoms with Gasteiger partial charge in [-0.3, -0.25) is 0 Å². The van der Waals surface area contributed by atoms with Crippen molar-refractivity contribution in [2.45, 2.75) is 27.2 Å². The van der Waals surface area contributed by atoms with Crippen LogP contribution in [-0.2, 0) is 6.42 Å². The summed E-state index contributed by atoms with van der Waals surface area (Å²) in [6, 6.07) is 20.8. The van der Waals surface area contributed by atoms with Gasteiger partial charge in [0.05, 0.1) is 11.0 Å². The van der Waals surface area contributed by atoms with Gasteiger partial charge in [-0.05, 0) is 87.5 Å². The van der Waals surface area contributed by atoms with Gasteiger partial charge in [-0.2, -0.15) is 0 Å². The number of aryl methyl sites for hydroxylation is 1. The van der Waals surface area contributed by atoms with Gasteiger partial charge in [-0.15, -0.1) is 0 Å². The number of benzene rings is 2. The molecule has 4 rings (SSSR count). The number of nitrogens with zero attached hydrogens (tertiary/aromatic N) is 2. The number of fused-ring (bicyclic) bond motifs is 2. The van der Waals surface area contributed by atoms with E-state index in [1.807, 2.05) is 24.3 Å². The second-order valence-electron chi connectivity index (χ2n) is 6.67. The molecule has 0 saturated heterocycles. The number of anilines is 2. The second kappa shape index (κ2) is 12.9. The number of nitrogens with one attached hydrogen (secondary N) is 2. The molecule has 31 heavy (non-hydrogen) atoms. The van der Waals surface area contributed by atoms with Gasteiger partial charge in [0.15, 0.2) is 0 Å². The molecule has 0 aliphatic carbocycles. The molecule has 0 aliphatic heterocycles. The molecule has 0 amide bonds. The zero-order chi connectivity index (χ0) is 22.6. The summed E-state index contributed by atoms with van der Waals surface area (Å²) in [5.41, 5.74) is 7.94. The number of nitrogens with two attached hydrogens (primary N) is 1. The minimum atomic E-state index is 0.898. The van der Waals surface area contributed by atoms with Crippen LogP contribution in [-0.4, -0.2) is 30.1 Å². The number of pyridine rings is 2. The summed E-state index contributed by atoms with van der Waals surface area (Å²) in [7, 11) is 1.50. The summed E-state index contributed by atoms with van der Waals surface area (Å²) in [5.74, 6) is 1.89. The van der Waals surface area contributed by atoms with Crippen molar-refractivity contribution in [1.82, 2.24) is 9.97 Å². The molecule has 6 heteroatoms. The van der Waals surface area contributed by atoms with Crippen LogP contribution in [0.1, 0.15) is 26.3 Å². The molecule has 2 heterocycles. The van der Waals surface area contributed by atoms with E-state index >= 15 is 0 Å². The van der Waals surface area contributed by atoms with Gasteiger partial charge in [-0.1, -0.05) is 28.9 Å². The summed E-state index contributed by atoms with van der Waals surface area (Å²) in [6.07, 6.45) is 1.07. The quantitative estimate of drug-likeness (QED) is 0.314. The predicted molar refractivity (Wildman–Crippen MR) is 139 cm³/mol. The van der Waals surface area contributed by atoms with E-state index in [-0.39, 0.29) is 0 Å². The molecular weight excluding hydrogens is 450 g/mol. The third-order valence-electron chi connectivity index (χ3n) is 4.53. The Morgan fingerprint density at radius 1 is 0.710 bits per heavy atom. The molecule has 0 unspecified atom stereocenters. The monoisotopic (exact) mass is 481 g/mol. The van der Waals surface area contributed by atoms with Gasteiger partial charge in [0, 0.05) is 28.3 Å². The van der Waals surface area contributed by atoms with Crippen molar-refractivity contribution < 1.29 is 0 Å². The first-order chi connectivity index (χ1) is 15.1. The van der Waals surface area contributed by atoms with Crippen LogP contribution in [0.15, 0.2) is 65.1 Å². The van der Waals surface area contributed by atoms with Crippen LogP contribution in [0.5, 0.6) is 0 Å². The molecule has 0 spiro atoms. The topological polar surface area (TPSA) is 75.9 Å². The van der Waals surface area contributed by atoms with E-state index in [0.29, 0.717) is 0 Å². The maximum Gasteiger partial charge on any atom is 0.126 e. The fourth-order valence-electron chi connectivity index (χ4n) is 3.05. The third-order valence-corrected chi connectivity index (χ3v) is 5.02. The smallest absolute Gasteiger partial charge is 0.126 e. The Balaban J connectivity index is 0.000000204. The van der Waals surface area contributed by atoms with E-state index in [1.54, 1.807) is 0 Å². The molecule has 2 aromatic carbocycles. The maximum atomic E-state index is 4.53. The highest BCUT2D eigenvalue weighted by Gasteiger charge is 1.99. The molecule has 164 valence electrons. The lowest BCUT2D eigenvalue weighted by molar-refractivity contribution is 1.14. The fourth-order valence-corrected chi connectivity index (χ4v) is 3.43. The second-order valence-corrected chi connectivity index (χ2v) is 7.59. The summed E-state index contributed by atoms with van der Waals surface area (Å²) < 4.78 is 1.09. The number of rotatable bonds is 5.